The lowest BCUT2D eigenvalue weighted by atomic mass is 9.95. The van der Waals surface area contributed by atoms with E-state index in [0.29, 0.717) is 29.5 Å². The van der Waals surface area contributed by atoms with Gasteiger partial charge in [0.15, 0.2) is 0 Å². The van der Waals surface area contributed by atoms with Gasteiger partial charge >= 0.3 is 5.97 Å². The number of carbonyl (C=O) groups is 1. The number of halogens is 1. The molecule has 0 spiro atoms. The number of hydrogen-bond donors (Lipinski definition) is 1. The summed E-state index contributed by atoms with van der Waals surface area (Å²) in [5.41, 5.74) is 4.17. The first kappa shape index (κ1) is 24.1. The number of thiophene rings is 1. The van der Waals surface area contributed by atoms with Crippen molar-refractivity contribution in [3.05, 3.63) is 57.7 Å². The highest BCUT2D eigenvalue weighted by Crippen LogP contribution is 2.44. The van der Waals surface area contributed by atoms with Crippen LogP contribution < -0.4 is 9.46 Å². The number of ether oxygens (including phenoxy) is 2. The van der Waals surface area contributed by atoms with Gasteiger partial charge < -0.3 is 9.47 Å². The highest BCUT2D eigenvalue weighted by Gasteiger charge is 2.19. The molecule has 0 aliphatic heterocycles. The molecule has 6 nitrogen and oxygen atoms in total. The molecule has 0 fully saturated rings. The molecule has 1 aromatic heterocycles. The van der Waals surface area contributed by atoms with Crippen LogP contribution in [0.5, 0.6) is 5.75 Å². The molecule has 0 aliphatic rings. The first-order chi connectivity index (χ1) is 15.2. The molecule has 170 valence electrons. The minimum absolute atomic E-state index is 0.245. The Labute approximate surface area is 197 Å². The van der Waals surface area contributed by atoms with Gasteiger partial charge in [-0.2, -0.15) is 0 Å². The molecule has 0 amide bonds. The van der Waals surface area contributed by atoms with Crippen LogP contribution in [0.1, 0.15) is 18.2 Å². The quantitative estimate of drug-likeness (QED) is 0.392. The summed E-state index contributed by atoms with van der Waals surface area (Å²) < 4.78 is 36.2. The van der Waals surface area contributed by atoms with E-state index in [0.717, 1.165) is 33.4 Å². The summed E-state index contributed by atoms with van der Waals surface area (Å²) in [6.45, 7) is 2.13. The van der Waals surface area contributed by atoms with E-state index in [2.05, 4.69) is 4.72 Å². The van der Waals surface area contributed by atoms with Crippen molar-refractivity contribution in [2.75, 3.05) is 24.7 Å². The maximum atomic E-state index is 11.9. The van der Waals surface area contributed by atoms with E-state index in [4.69, 9.17) is 21.1 Å². The van der Waals surface area contributed by atoms with Gasteiger partial charge in [0.1, 0.15) is 5.75 Å². The van der Waals surface area contributed by atoms with Crippen molar-refractivity contribution in [2.45, 2.75) is 19.8 Å². The van der Waals surface area contributed by atoms with Crippen molar-refractivity contribution in [1.29, 1.82) is 0 Å². The number of carbonyl (C=O) groups excluding carboxylic acids is 1. The zero-order valence-corrected chi connectivity index (χ0v) is 20.4. The number of aryl methyl sites for hydroxylation is 1. The van der Waals surface area contributed by atoms with Crippen LogP contribution in [0.3, 0.4) is 0 Å². The zero-order valence-electron chi connectivity index (χ0n) is 18.0. The molecule has 1 heterocycles. The largest absolute Gasteiger partial charge is 0.496 e. The van der Waals surface area contributed by atoms with Gasteiger partial charge in [0.05, 0.1) is 26.4 Å². The van der Waals surface area contributed by atoms with Crippen LogP contribution in [-0.4, -0.2) is 34.4 Å². The van der Waals surface area contributed by atoms with E-state index in [1.54, 1.807) is 49.6 Å². The first-order valence-electron chi connectivity index (χ1n) is 9.90. The first-order valence-corrected chi connectivity index (χ1v) is 13.0. The topological polar surface area (TPSA) is 81.7 Å². The van der Waals surface area contributed by atoms with E-state index in [-0.39, 0.29) is 12.4 Å². The van der Waals surface area contributed by atoms with Crippen LogP contribution >= 0.6 is 22.9 Å². The molecule has 0 saturated heterocycles. The number of anilines is 1. The minimum Gasteiger partial charge on any atom is -0.496 e. The summed E-state index contributed by atoms with van der Waals surface area (Å²) in [5, 5.41) is 2.60. The third-order valence-electron chi connectivity index (χ3n) is 4.66. The molecule has 0 radical (unpaired) electrons. The Bertz CT molecular complexity index is 1200. The van der Waals surface area contributed by atoms with Crippen molar-refractivity contribution in [3.63, 3.8) is 0 Å². The van der Waals surface area contributed by atoms with Crippen molar-refractivity contribution in [2.24, 2.45) is 0 Å². The number of sulfonamides is 1. The number of hydrogen-bond acceptors (Lipinski definition) is 6. The van der Waals surface area contributed by atoms with Crippen molar-refractivity contribution >= 4 is 44.6 Å². The Morgan fingerprint density at radius 2 is 1.84 bits per heavy atom. The van der Waals surface area contributed by atoms with Crippen LogP contribution in [0, 0.1) is 0 Å². The van der Waals surface area contributed by atoms with Gasteiger partial charge in [-0.25, -0.2) is 8.42 Å². The highest BCUT2D eigenvalue weighted by molar-refractivity contribution is 7.92. The molecule has 0 aliphatic carbocycles. The fraction of sp³-hybridized carbons (Fsp3) is 0.261. The van der Waals surface area contributed by atoms with Gasteiger partial charge in [-0.05, 0) is 54.6 Å². The van der Waals surface area contributed by atoms with Gasteiger partial charge in [-0.3, -0.25) is 9.52 Å². The lowest BCUT2D eigenvalue weighted by Gasteiger charge is -2.13. The highest BCUT2D eigenvalue weighted by atomic mass is 35.5. The van der Waals surface area contributed by atoms with Crippen LogP contribution in [0.4, 0.5) is 5.69 Å². The molecular weight excluding hydrogens is 470 g/mol. The number of methoxy groups -OCH3 is 1. The zero-order chi connectivity index (χ0) is 23.3. The molecule has 9 heteroatoms. The predicted octanol–water partition coefficient (Wildman–Crippen LogP) is 5.61. The summed E-state index contributed by atoms with van der Waals surface area (Å²) in [7, 11) is -1.78. The average Bonchev–Trinajstić information content (AvgIpc) is 3.15. The maximum Gasteiger partial charge on any atom is 0.306 e. The lowest BCUT2D eigenvalue weighted by molar-refractivity contribution is -0.143. The van der Waals surface area contributed by atoms with Crippen LogP contribution in [0.15, 0.2) is 47.8 Å². The summed E-state index contributed by atoms with van der Waals surface area (Å²) in [6, 6.07) is 12.6. The van der Waals surface area contributed by atoms with Gasteiger partial charge in [0.25, 0.3) is 0 Å². The monoisotopic (exact) mass is 493 g/mol. The van der Waals surface area contributed by atoms with Crippen LogP contribution in [0.2, 0.25) is 5.02 Å². The lowest BCUT2D eigenvalue weighted by Crippen LogP contribution is -2.09. The van der Waals surface area contributed by atoms with Crippen LogP contribution in [0.25, 0.3) is 22.3 Å². The average molecular weight is 494 g/mol. The molecule has 0 bridgehead atoms. The fourth-order valence-electron chi connectivity index (χ4n) is 3.35. The summed E-state index contributed by atoms with van der Waals surface area (Å²) in [6.07, 6.45) is 1.91. The summed E-state index contributed by atoms with van der Waals surface area (Å²) in [4.78, 5) is 13.0. The number of nitrogens with one attached hydrogen (secondary N) is 1. The Morgan fingerprint density at radius 1 is 1.12 bits per heavy atom. The second-order valence-electron chi connectivity index (χ2n) is 7.05. The Balaban J connectivity index is 2.06. The third kappa shape index (κ3) is 6.03. The van der Waals surface area contributed by atoms with E-state index < -0.39 is 10.0 Å². The third-order valence-corrected chi connectivity index (χ3v) is 6.55. The Kier molecular flexibility index (Phi) is 7.82. The summed E-state index contributed by atoms with van der Waals surface area (Å²) >= 11 is 7.70. The normalized spacial score (nSPS) is 11.2. The summed E-state index contributed by atoms with van der Waals surface area (Å²) in [5.74, 6) is 0.397. The minimum atomic E-state index is -3.37. The van der Waals surface area contributed by atoms with Gasteiger partial charge in [0.2, 0.25) is 10.0 Å². The van der Waals surface area contributed by atoms with Crippen LogP contribution in [-0.2, 0) is 26.0 Å². The molecule has 3 rings (SSSR count). The maximum absolute atomic E-state index is 11.9. The fourth-order valence-corrected chi connectivity index (χ4v) is 5.15. The molecule has 1 N–H and O–H groups in total. The van der Waals surface area contributed by atoms with Crippen molar-refractivity contribution in [1.82, 2.24) is 0 Å². The molecule has 3 aromatic rings. The molecule has 32 heavy (non-hydrogen) atoms. The number of benzene rings is 2. The Morgan fingerprint density at radius 3 is 2.47 bits per heavy atom. The van der Waals surface area contributed by atoms with Gasteiger partial charge in [0, 0.05) is 32.3 Å². The number of rotatable bonds is 9. The van der Waals surface area contributed by atoms with Crippen molar-refractivity contribution < 1.29 is 22.7 Å². The standard InChI is InChI=1S/C23H24ClNO5S2/c1-4-30-22(26)12-11-21-23(15-5-8-17(9-6-15)25-32(3,27)28)19(14-31-21)18-10-7-16(24)13-20(18)29-2/h5-10,13-14,25H,4,11-12H2,1-3H3. The van der Waals surface area contributed by atoms with E-state index in [9.17, 15) is 13.2 Å². The van der Waals surface area contributed by atoms with E-state index in [1.807, 2.05) is 23.6 Å². The second-order valence-corrected chi connectivity index (χ2v) is 10.2. The van der Waals surface area contributed by atoms with Gasteiger partial charge in [-0.15, -0.1) is 11.3 Å². The second kappa shape index (κ2) is 10.4. The van der Waals surface area contributed by atoms with Gasteiger partial charge in [-0.1, -0.05) is 23.7 Å². The van der Waals surface area contributed by atoms with E-state index >= 15 is 0 Å². The molecule has 2 aromatic carbocycles. The molecular formula is C23H24ClNO5S2. The predicted molar refractivity (Wildman–Crippen MR) is 130 cm³/mol. The molecule has 0 saturated carbocycles. The molecule has 0 atom stereocenters. The smallest absolute Gasteiger partial charge is 0.306 e. The van der Waals surface area contributed by atoms with E-state index in [1.165, 1.54) is 0 Å². The molecule has 0 unspecified atom stereocenters. The van der Waals surface area contributed by atoms with Crippen molar-refractivity contribution in [3.8, 4) is 28.0 Å². The number of esters is 1. The SMILES string of the molecule is CCOC(=O)CCc1scc(-c2ccc(Cl)cc2OC)c1-c1ccc(NS(C)(=O)=O)cc1. The Hall–Kier alpha value is -2.55.